The normalized spacial score (nSPS) is 19.3. The number of anilines is 1. The van der Waals surface area contributed by atoms with Crippen LogP contribution in [0.25, 0.3) is 0 Å². The molecule has 0 aliphatic carbocycles. The van der Waals surface area contributed by atoms with Gasteiger partial charge in [0, 0.05) is 12.2 Å². The van der Waals surface area contributed by atoms with E-state index in [9.17, 15) is 4.79 Å². The third-order valence-corrected chi connectivity index (χ3v) is 2.47. The minimum absolute atomic E-state index is 0. The smallest absolute Gasteiger partial charge is 0.228 e. The molecule has 0 aromatic heterocycles. The van der Waals surface area contributed by atoms with Crippen LogP contribution >= 0.6 is 12.4 Å². The lowest BCUT2D eigenvalue weighted by atomic mass is 10.1. The van der Waals surface area contributed by atoms with Crippen LogP contribution in [0, 0.1) is 5.92 Å². The first-order chi connectivity index (χ1) is 6.86. The van der Waals surface area contributed by atoms with Gasteiger partial charge in [-0.2, -0.15) is 0 Å². The Bertz CT molecular complexity index is 310. The van der Waals surface area contributed by atoms with Gasteiger partial charge in [-0.1, -0.05) is 18.2 Å². The van der Waals surface area contributed by atoms with E-state index < -0.39 is 0 Å². The minimum atomic E-state index is 0. The van der Waals surface area contributed by atoms with Gasteiger partial charge in [-0.25, -0.2) is 0 Å². The van der Waals surface area contributed by atoms with Crippen LogP contribution in [0.2, 0.25) is 0 Å². The summed E-state index contributed by atoms with van der Waals surface area (Å²) in [5, 5.41) is 6.08. The molecule has 1 atom stereocenters. The number of carbonyl (C=O) groups excluding carboxylic acids is 1. The summed E-state index contributed by atoms with van der Waals surface area (Å²) in [6.07, 6.45) is 0.943. The van der Waals surface area contributed by atoms with E-state index in [2.05, 4.69) is 10.6 Å². The largest absolute Gasteiger partial charge is 0.326 e. The predicted octanol–water partition coefficient (Wildman–Crippen LogP) is 1.66. The second kappa shape index (κ2) is 5.73. The molecule has 1 fully saturated rings. The molecule has 1 heterocycles. The molecule has 3 nitrogen and oxygen atoms in total. The summed E-state index contributed by atoms with van der Waals surface area (Å²) in [6, 6.07) is 9.58. The van der Waals surface area contributed by atoms with Gasteiger partial charge in [0.15, 0.2) is 0 Å². The second-order valence-electron chi connectivity index (χ2n) is 3.54. The van der Waals surface area contributed by atoms with Gasteiger partial charge in [0.1, 0.15) is 0 Å². The molecular formula is C11H15ClN2O. The lowest BCUT2D eigenvalue weighted by molar-refractivity contribution is -0.119. The zero-order valence-corrected chi connectivity index (χ0v) is 9.22. The number of amides is 1. The average Bonchev–Trinajstić information content (AvgIpc) is 2.72. The van der Waals surface area contributed by atoms with Gasteiger partial charge in [0.05, 0.1) is 5.92 Å². The molecule has 1 aliphatic heterocycles. The first-order valence-electron chi connectivity index (χ1n) is 4.93. The Kier molecular flexibility index (Phi) is 4.59. The van der Waals surface area contributed by atoms with Gasteiger partial charge >= 0.3 is 0 Å². The number of benzene rings is 1. The summed E-state index contributed by atoms with van der Waals surface area (Å²) in [4.78, 5) is 11.7. The summed E-state index contributed by atoms with van der Waals surface area (Å²) >= 11 is 0. The van der Waals surface area contributed by atoms with E-state index in [-0.39, 0.29) is 24.2 Å². The number of rotatable bonds is 2. The quantitative estimate of drug-likeness (QED) is 0.805. The highest BCUT2D eigenvalue weighted by Crippen LogP contribution is 2.12. The third kappa shape index (κ3) is 3.22. The van der Waals surface area contributed by atoms with Gasteiger partial charge in [-0.05, 0) is 25.1 Å². The van der Waals surface area contributed by atoms with E-state index in [0.717, 1.165) is 25.2 Å². The molecule has 4 heteroatoms. The lowest BCUT2D eigenvalue weighted by Crippen LogP contribution is -2.24. The zero-order chi connectivity index (χ0) is 9.80. The number of para-hydroxylation sites is 1. The number of hydrogen-bond acceptors (Lipinski definition) is 2. The molecule has 0 saturated carbocycles. The number of carbonyl (C=O) groups is 1. The first kappa shape index (κ1) is 12.0. The summed E-state index contributed by atoms with van der Waals surface area (Å²) in [6.45, 7) is 1.76. The van der Waals surface area contributed by atoms with Gasteiger partial charge in [-0.15, -0.1) is 12.4 Å². The maximum atomic E-state index is 11.7. The predicted molar refractivity (Wildman–Crippen MR) is 63.3 cm³/mol. The number of nitrogens with one attached hydrogen (secondary N) is 2. The fraction of sp³-hybridized carbons (Fsp3) is 0.364. The topological polar surface area (TPSA) is 41.1 Å². The zero-order valence-electron chi connectivity index (χ0n) is 8.40. The highest BCUT2D eigenvalue weighted by molar-refractivity contribution is 5.92. The van der Waals surface area contributed by atoms with E-state index in [4.69, 9.17) is 0 Å². The Balaban J connectivity index is 0.00000112. The van der Waals surface area contributed by atoms with Crippen LogP contribution in [-0.2, 0) is 4.79 Å². The Hall–Kier alpha value is -1.06. The minimum Gasteiger partial charge on any atom is -0.326 e. The summed E-state index contributed by atoms with van der Waals surface area (Å²) < 4.78 is 0. The Labute approximate surface area is 95.7 Å². The molecule has 0 radical (unpaired) electrons. The van der Waals surface area contributed by atoms with Gasteiger partial charge in [-0.3, -0.25) is 4.79 Å². The van der Waals surface area contributed by atoms with Crippen molar-refractivity contribution in [2.75, 3.05) is 18.4 Å². The van der Waals surface area contributed by atoms with Gasteiger partial charge < -0.3 is 10.6 Å². The highest BCUT2D eigenvalue weighted by atomic mass is 35.5. The molecule has 2 rings (SSSR count). The van der Waals surface area contributed by atoms with Crippen LogP contribution in [0.4, 0.5) is 5.69 Å². The molecule has 1 aromatic rings. The monoisotopic (exact) mass is 226 g/mol. The SMILES string of the molecule is Cl.O=C(Nc1ccccc1)[C@H]1CCNC1. The van der Waals surface area contributed by atoms with Crippen LogP contribution in [0.5, 0.6) is 0 Å². The van der Waals surface area contributed by atoms with Crippen LogP contribution < -0.4 is 10.6 Å². The van der Waals surface area contributed by atoms with Crippen molar-refractivity contribution in [3.8, 4) is 0 Å². The summed E-state index contributed by atoms with van der Waals surface area (Å²) in [7, 11) is 0. The maximum absolute atomic E-state index is 11.7. The fourth-order valence-electron chi connectivity index (χ4n) is 1.64. The van der Waals surface area contributed by atoms with Crippen molar-refractivity contribution >= 4 is 24.0 Å². The van der Waals surface area contributed by atoms with E-state index in [1.165, 1.54) is 0 Å². The second-order valence-corrected chi connectivity index (χ2v) is 3.54. The van der Waals surface area contributed by atoms with Crippen LogP contribution in [0.3, 0.4) is 0 Å². The molecule has 1 amide bonds. The molecule has 15 heavy (non-hydrogen) atoms. The summed E-state index contributed by atoms with van der Waals surface area (Å²) in [5.41, 5.74) is 0.879. The van der Waals surface area contributed by atoms with Gasteiger partial charge in [0.2, 0.25) is 5.91 Å². The molecule has 0 bridgehead atoms. The van der Waals surface area contributed by atoms with Crippen molar-refractivity contribution in [1.82, 2.24) is 5.32 Å². The van der Waals surface area contributed by atoms with E-state index >= 15 is 0 Å². The molecule has 1 saturated heterocycles. The van der Waals surface area contributed by atoms with Crippen molar-refractivity contribution in [2.45, 2.75) is 6.42 Å². The van der Waals surface area contributed by atoms with Crippen molar-refractivity contribution in [3.05, 3.63) is 30.3 Å². The standard InChI is InChI=1S/C11H14N2O.ClH/c14-11(9-6-7-12-8-9)13-10-4-2-1-3-5-10;/h1-5,9,12H,6-8H2,(H,13,14);1H/t9-;/m0./s1. The summed E-state index contributed by atoms with van der Waals surface area (Å²) in [5.74, 6) is 0.261. The fourth-order valence-corrected chi connectivity index (χ4v) is 1.64. The molecule has 0 unspecified atom stereocenters. The Morgan fingerprint density at radius 2 is 2.07 bits per heavy atom. The number of hydrogen-bond donors (Lipinski definition) is 2. The van der Waals surface area contributed by atoms with Crippen LogP contribution in [0.15, 0.2) is 30.3 Å². The van der Waals surface area contributed by atoms with Crippen molar-refractivity contribution < 1.29 is 4.79 Å². The molecule has 2 N–H and O–H groups in total. The lowest BCUT2D eigenvalue weighted by Gasteiger charge is -2.09. The van der Waals surface area contributed by atoms with E-state index in [1.807, 2.05) is 30.3 Å². The molecule has 0 spiro atoms. The molecular weight excluding hydrogens is 212 g/mol. The van der Waals surface area contributed by atoms with Crippen molar-refractivity contribution in [3.63, 3.8) is 0 Å². The van der Waals surface area contributed by atoms with E-state index in [0.29, 0.717) is 0 Å². The van der Waals surface area contributed by atoms with Crippen molar-refractivity contribution in [2.24, 2.45) is 5.92 Å². The molecule has 1 aliphatic rings. The Morgan fingerprint density at radius 3 is 2.67 bits per heavy atom. The average molecular weight is 227 g/mol. The van der Waals surface area contributed by atoms with Crippen LogP contribution in [0.1, 0.15) is 6.42 Å². The van der Waals surface area contributed by atoms with Gasteiger partial charge in [0.25, 0.3) is 0 Å². The van der Waals surface area contributed by atoms with Crippen LogP contribution in [-0.4, -0.2) is 19.0 Å². The molecule has 82 valence electrons. The maximum Gasteiger partial charge on any atom is 0.228 e. The molecule has 1 aromatic carbocycles. The number of halogens is 1. The third-order valence-electron chi connectivity index (χ3n) is 2.47. The van der Waals surface area contributed by atoms with Crippen molar-refractivity contribution in [1.29, 1.82) is 0 Å². The first-order valence-corrected chi connectivity index (χ1v) is 4.93. The van der Waals surface area contributed by atoms with E-state index in [1.54, 1.807) is 0 Å². The highest BCUT2D eigenvalue weighted by Gasteiger charge is 2.21. The Morgan fingerprint density at radius 1 is 1.33 bits per heavy atom.